The van der Waals surface area contributed by atoms with E-state index in [1.807, 2.05) is 0 Å². The van der Waals surface area contributed by atoms with Gasteiger partial charge in [-0.25, -0.2) is 0 Å². The van der Waals surface area contributed by atoms with Gasteiger partial charge in [-0.1, -0.05) is 6.92 Å². The van der Waals surface area contributed by atoms with Gasteiger partial charge in [-0.15, -0.1) is 0 Å². The van der Waals surface area contributed by atoms with E-state index in [0.29, 0.717) is 6.04 Å². The summed E-state index contributed by atoms with van der Waals surface area (Å²) in [5, 5.41) is 10.5. The van der Waals surface area contributed by atoms with Crippen LogP contribution >= 0.6 is 0 Å². The first-order valence-electron chi connectivity index (χ1n) is 3.30. The predicted octanol–water partition coefficient (Wildman–Crippen LogP) is 1.25. The second-order valence-corrected chi connectivity index (χ2v) is 2.39. The molecule has 1 aliphatic rings. The lowest BCUT2D eigenvalue weighted by atomic mass is 10.4. The molecule has 0 atom stereocenters. The summed E-state index contributed by atoms with van der Waals surface area (Å²) in [6.45, 7) is 2.91. The Kier molecular flexibility index (Phi) is 1.86. The molecule has 8 heavy (non-hydrogen) atoms. The minimum absolute atomic E-state index is 0.509. The van der Waals surface area contributed by atoms with Crippen LogP contribution in [0.25, 0.3) is 0 Å². The first-order chi connectivity index (χ1) is 3.84. The van der Waals surface area contributed by atoms with Crippen molar-refractivity contribution in [2.24, 2.45) is 0 Å². The fraction of sp³-hybridized carbons (Fsp3) is 1.00. The molecule has 0 saturated heterocycles. The Balaban J connectivity index is 2.03. The molecule has 0 heterocycles. The molecule has 0 aromatic rings. The van der Waals surface area contributed by atoms with Gasteiger partial charge in [0.25, 0.3) is 0 Å². The van der Waals surface area contributed by atoms with Gasteiger partial charge in [0.05, 0.1) is 0 Å². The quantitative estimate of drug-likeness (QED) is 0.559. The molecule has 1 rings (SSSR count). The third-order valence-corrected chi connectivity index (χ3v) is 1.42. The number of hydrogen-bond acceptors (Lipinski definition) is 2. The highest BCUT2D eigenvalue weighted by molar-refractivity contribution is 4.79. The van der Waals surface area contributed by atoms with E-state index in [1.165, 1.54) is 17.9 Å². The highest BCUT2D eigenvalue weighted by Gasteiger charge is 2.26. The summed E-state index contributed by atoms with van der Waals surface area (Å²) in [5.41, 5.74) is 0. The molecule has 1 N–H and O–H groups in total. The molecule has 1 aliphatic carbocycles. The third kappa shape index (κ3) is 1.46. The third-order valence-electron chi connectivity index (χ3n) is 1.42. The molecular formula is C6H13NO. The Hall–Kier alpha value is -0.0800. The van der Waals surface area contributed by atoms with E-state index in [1.54, 1.807) is 0 Å². The minimum atomic E-state index is 0.509. The minimum Gasteiger partial charge on any atom is -0.314 e. The molecular weight excluding hydrogens is 102 g/mol. The molecule has 48 valence electrons. The van der Waals surface area contributed by atoms with Gasteiger partial charge >= 0.3 is 0 Å². The molecule has 0 aliphatic heterocycles. The zero-order valence-corrected chi connectivity index (χ0v) is 5.30. The van der Waals surface area contributed by atoms with Gasteiger partial charge in [0, 0.05) is 12.6 Å². The lowest BCUT2D eigenvalue weighted by Crippen LogP contribution is -2.21. The Morgan fingerprint density at radius 2 is 2.25 bits per heavy atom. The van der Waals surface area contributed by atoms with Crippen molar-refractivity contribution in [1.82, 2.24) is 5.06 Å². The fourth-order valence-electron chi connectivity index (χ4n) is 0.784. The van der Waals surface area contributed by atoms with E-state index in [4.69, 9.17) is 5.21 Å². The molecule has 0 amide bonds. The number of hydroxylamine groups is 2. The van der Waals surface area contributed by atoms with Gasteiger partial charge in [0.2, 0.25) is 0 Å². The smallest absolute Gasteiger partial charge is 0.0351 e. The first kappa shape index (κ1) is 6.05. The number of hydrogen-bond donors (Lipinski definition) is 1. The van der Waals surface area contributed by atoms with Crippen LogP contribution in [0.3, 0.4) is 0 Å². The van der Waals surface area contributed by atoms with Crippen LogP contribution < -0.4 is 0 Å². The molecule has 1 saturated carbocycles. The highest BCUT2D eigenvalue weighted by Crippen LogP contribution is 2.24. The van der Waals surface area contributed by atoms with E-state index in [0.717, 1.165) is 13.0 Å². The molecule has 0 aromatic heterocycles. The van der Waals surface area contributed by atoms with Crippen LogP contribution in [-0.4, -0.2) is 22.9 Å². The van der Waals surface area contributed by atoms with Crippen LogP contribution in [0.15, 0.2) is 0 Å². The topological polar surface area (TPSA) is 23.5 Å². The molecule has 0 radical (unpaired) electrons. The van der Waals surface area contributed by atoms with E-state index >= 15 is 0 Å². The maximum absolute atomic E-state index is 9.02. The zero-order valence-electron chi connectivity index (χ0n) is 5.30. The van der Waals surface area contributed by atoms with E-state index in [2.05, 4.69) is 6.92 Å². The van der Waals surface area contributed by atoms with E-state index in [9.17, 15) is 0 Å². The van der Waals surface area contributed by atoms with Crippen molar-refractivity contribution in [1.29, 1.82) is 0 Å². The maximum Gasteiger partial charge on any atom is 0.0351 e. The maximum atomic E-state index is 9.02. The normalized spacial score (nSPS) is 19.9. The lowest BCUT2D eigenvalue weighted by Gasteiger charge is -2.10. The molecule has 2 nitrogen and oxygen atoms in total. The van der Waals surface area contributed by atoms with Crippen LogP contribution in [-0.2, 0) is 0 Å². The average Bonchev–Trinajstić information content (AvgIpc) is 2.45. The van der Waals surface area contributed by atoms with Crippen LogP contribution in [0.5, 0.6) is 0 Å². The Bertz CT molecular complexity index is 70.9. The van der Waals surface area contributed by atoms with Crippen molar-refractivity contribution < 1.29 is 5.21 Å². The van der Waals surface area contributed by atoms with Crippen LogP contribution in [0.4, 0.5) is 0 Å². The standard InChI is InChI=1S/C6H13NO/c1-2-5-7(8)6-3-4-6/h6,8H,2-5H2,1H3. The zero-order chi connectivity index (χ0) is 5.98. The SMILES string of the molecule is CCCN(O)C1CC1. The summed E-state index contributed by atoms with van der Waals surface area (Å²) in [6.07, 6.45) is 3.43. The van der Waals surface area contributed by atoms with Gasteiger partial charge in [0.1, 0.15) is 0 Å². The monoisotopic (exact) mass is 115 g/mol. The van der Waals surface area contributed by atoms with E-state index < -0.39 is 0 Å². The van der Waals surface area contributed by atoms with Crippen LogP contribution in [0.1, 0.15) is 26.2 Å². The van der Waals surface area contributed by atoms with Crippen molar-refractivity contribution in [2.75, 3.05) is 6.54 Å². The molecule has 0 spiro atoms. The highest BCUT2D eigenvalue weighted by atomic mass is 16.5. The lowest BCUT2D eigenvalue weighted by molar-refractivity contribution is -0.0989. The summed E-state index contributed by atoms with van der Waals surface area (Å²) in [5.74, 6) is 0. The fourth-order valence-corrected chi connectivity index (χ4v) is 0.784. The summed E-state index contributed by atoms with van der Waals surface area (Å²) in [4.78, 5) is 0. The van der Waals surface area contributed by atoms with Gasteiger partial charge in [0.15, 0.2) is 0 Å². The van der Waals surface area contributed by atoms with Gasteiger partial charge in [-0.3, -0.25) is 0 Å². The largest absolute Gasteiger partial charge is 0.314 e. The van der Waals surface area contributed by atoms with E-state index in [-0.39, 0.29) is 0 Å². The Morgan fingerprint density at radius 3 is 2.62 bits per heavy atom. The molecule has 0 bridgehead atoms. The van der Waals surface area contributed by atoms with Crippen LogP contribution in [0, 0.1) is 0 Å². The molecule has 0 unspecified atom stereocenters. The molecule has 0 aromatic carbocycles. The van der Waals surface area contributed by atoms with Crippen molar-refractivity contribution in [3.8, 4) is 0 Å². The predicted molar refractivity (Wildman–Crippen MR) is 31.8 cm³/mol. The number of nitrogens with zero attached hydrogens (tertiary/aromatic N) is 1. The molecule has 2 heteroatoms. The summed E-state index contributed by atoms with van der Waals surface area (Å²) in [6, 6.07) is 0.509. The van der Waals surface area contributed by atoms with Crippen molar-refractivity contribution in [3.05, 3.63) is 0 Å². The average molecular weight is 115 g/mol. The summed E-state index contributed by atoms with van der Waals surface area (Å²) in [7, 11) is 0. The summed E-state index contributed by atoms with van der Waals surface area (Å²) >= 11 is 0. The van der Waals surface area contributed by atoms with Crippen molar-refractivity contribution in [2.45, 2.75) is 32.2 Å². The Labute approximate surface area is 50.1 Å². The van der Waals surface area contributed by atoms with Gasteiger partial charge in [-0.05, 0) is 19.3 Å². The van der Waals surface area contributed by atoms with Gasteiger partial charge < -0.3 is 5.21 Å². The molecule has 1 fully saturated rings. The van der Waals surface area contributed by atoms with Crippen molar-refractivity contribution >= 4 is 0 Å². The van der Waals surface area contributed by atoms with Crippen LogP contribution in [0.2, 0.25) is 0 Å². The second-order valence-electron chi connectivity index (χ2n) is 2.39. The Morgan fingerprint density at radius 1 is 1.62 bits per heavy atom. The van der Waals surface area contributed by atoms with Crippen molar-refractivity contribution in [3.63, 3.8) is 0 Å². The van der Waals surface area contributed by atoms with Gasteiger partial charge in [-0.2, -0.15) is 5.06 Å². The second kappa shape index (κ2) is 2.46. The number of rotatable bonds is 3. The first-order valence-corrected chi connectivity index (χ1v) is 3.30. The summed E-state index contributed by atoms with van der Waals surface area (Å²) < 4.78 is 0.